The van der Waals surface area contributed by atoms with Crippen LogP contribution in [0.25, 0.3) is 0 Å². The van der Waals surface area contributed by atoms with E-state index >= 15 is 0 Å². The van der Waals surface area contributed by atoms with Gasteiger partial charge < -0.3 is 0 Å². The fourth-order valence-electron chi connectivity index (χ4n) is 0.855. The number of rotatable bonds is 2. The highest BCUT2D eigenvalue weighted by Gasteiger charge is 2.07. The molecule has 1 unspecified atom stereocenters. The Labute approximate surface area is 78.7 Å². The third kappa shape index (κ3) is 2.03. The SMILES string of the molecule is [CH2]C(CF)c1ccc(Br)c(F)c1. The van der Waals surface area contributed by atoms with Gasteiger partial charge in [-0.3, -0.25) is 4.39 Å². The van der Waals surface area contributed by atoms with Crippen LogP contribution in [0, 0.1) is 12.7 Å². The smallest absolute Gasteiger partial charge is 0.137 e. The van der Waals surface area contributed by atoms with Crippen molar-refractivity contribution in [1.29, 1.82) is 0 Å². The summed E-state index contributed by atoms with van der Waals surface area (Å²) in [6.45, 7) is 2.97. The Morgan fingerprint density at radius 1 is 1.50 bits per heavy atom. The van der Waals surface area contributed by atoms with Gasteiger partial charge in [0.2, 0.25) is 0 Å². The molecule has 0 aliphatic rings. The second kappa shape index (κ2) is 3.99. The number of hydrogen-bond donors (Lipinski definition) is 0. The lowest BCUT2D eigenvalue weighted by Crippen LogP contribution is -1.96. The summed E-state index contributed by atoms with van der Waals surface area (Å²) in [5, 5.41) is 0. The van der Waals surface area contributed by atoms with Crippen molar-refractivity contribution in [2.75, 3.05) is 6.67 Å². The fourth-order valence-corrected chi connectivity index (χ4v) is 1.10. The predicted molar refractivity (Wildman–Crippen MR) is 48.2 cm³/mol. The van der Waals surface area contributed by atoms with Gasteiger partial charge >= 0.3 is 0 Å². The van der Waals surface area contributed by atoms with Crippen LogP contribution < -0.4 is 0 Å². The van der Waals surface area contributed by atoms with Crippen molar-refractivity contribution in [2.45, 2.75) is 5.92 Å². The highest BCUT2D eigenvalue weighted by Crippen LogP contribution is 2.21. The van der Waals surface area contributed by atoms with E-state index in [2.05, 4.69) is 22.9 Å². The van der Waals surface area contributed by atoms with Crippen LogP contribution in [0.3, 0.4) is 0 Å². The second-order valence-corrected chi connectivity index (χ2v) is 3.38. The van der Waals surface area contributed by atoms with Gasteiger partial charge in [-0.15, -0.1) is 0 Å². The van der Waals surface area contributed by atoms with E-state index in [0.29, 0.717) is 10.0 Å². The topological polar surface area (TPSA) is 0 Å². The molecule has 1 aromatic carbocycles. The molecule has 3 heteroatoms. The zero-order valence-corrected chi connectivity index (χ0v) is 7.94. The molecule has 1 rings (SSSR count). The third-order valence-electron chi connectivity index (χ3n) is 1.60. The molecule has 0 amide bonds. The van der Waals surface area contributed by atoms with Crippen LogP contribution in [-0.4, -0.2) is 6.67 Å². The Balaban J connectivity index is 2.96. The summed E-state index contributed by atoms with van der Waals surface area (Å²) in [5.41, 5.74) is 0.582. The summed E-state index contributed by atoms with van der Waals surface area (Å²) < 4.78 is 25.4. The van der Waals surface area contributed by atoms with E-state index in [4.69, 9.17) is 0 Å². The molecule has 0 aliphatic heterocycles. The van der Waals surface area contributed by atoms with Gasteiger partial charge in [-0.25, -0.2) is 4.39 Å². The van der Waals surface area contributed by atoms with Crippen molar-refractivity contribution >= 4 is 15.9 Å². The van der Waals surface area contributed by atoms with Crippen LogP contribution in [0.5, 0.6) is 0 Å². The Bertz CT molecular complexity index is 273. The van der Waals surface area contributed by atoms with Crippen LogP contribution >= 0.6 is 15.9 Å². The number of hydrogen-bond acceptors (Lipinski definition) is 0. The maximum atomic E-state index is 12.9. The summed E-state index contributed by atoms with van der Waals surface area (Å²) in [7, 11) is 0. The molecule has 1 radical (unpaired) electrons. The standard InChI is InChI=1S/C9H8BrF2/c1-6(5-11)7-2-3-8(10)9(12)4-7/h2-4,6H,1,5H2. The first kappa shape index (κ1) is 9.65. The molecule has 0 aromatic heterocycles. The van der Waals surface area contributed by atoms with Gasteiger partial charge in [0.25, 0.3) is 0 Å². The van der Waals surface area contributed by atoms with Gasteiger partial charge in [0.1, 0.15) is 5.82 Å². The second-order valence-electron chi connectivity index (χ2n) is 2.52. The largest absolute Gasteiger partial charge is 0.250 e. The molecule has 0 spiro atoms. The monoisotopic (exact) mass is 233 g/mol. The van der Waals surface area contributed by atoms with Crippen LogP contribution in [0.2, 0.25) is 0 Å². The van der Waals surface area contributed by atoms with Crippen molar-refractivity contribution in [3.8, 4) is 0 Å². The zero-order valence-electron chi connectivity index (χ0n) is 6.36. The summed E-state index contributed by atoms with van der Waals surface area (Å²) >= 11 is 3.01. The summed E-state index contributed by atoms with van der Waals surface area (Å²) in [6.07, 6.45) is 0. The maximum absolute atomic E-state index is 12.9. The molecule has 0 saturated heterocycles. The van der Waals surface area contributed by atoms with E-state index in [1.165, 1.54) is 6.07 Å². The van der Waals surface area contributed by atoms with Crippen molar-refractivity contribution in [3.05, 3.63) is 41.0 Å². The van der Waals surface area contributed by atoms with Crippen LogP contribution in [0.4, 0.5) is 8.78 Å². The lowest BCUT2D eigenvalue weighted by atomic mass is 10.0. The average Bonchev–Trinajstić information content (AvgIpc) is 2.08. The Kier molecular flexibility index (Phi) is 3.20. The molecule has 0 fully saturated rings. The quantitative estimate of drug-likeness (QED) is 0.734. The van der Waals surface area contributed by atoms with Crippen LogP contribution in [0.15, 0.2) is 22.7 Å². The fraction of sp³-hybridized carbons (Fsp3) is 0.222. The first-order valence-electron chi connectivity index (χ1n) is 3.49. The minimum Gasteiger partial charge on any atom is -0.250 e. The number of alkyl halides is 1. The van der Waals surface area contributed by atoms with E-state index in [9.17, 15) is 8.78 Å². The van der Waals surface area contributed by atoms with Gasteiger partial charge in [0.05, 0.1) is 11.1 Å². The molecule has 1 aromatic rings. The molecule has 0 saturated carbocycles. The average molecular weight is 234 g/mol. The van der Waals surface area contributed by atoms with Crippen LogP contribution in [-0.2, 0) is 0 Å². The molecule has 1 atom stereocenters. The molecular weight excluding hydrogens is 226 g/mol. The number of halogens is 3. The molecule has 12 heavy (non-hydrogen) atoms. The first-order valence-corrected chi connectivity index (χ1v) is 4.28. The molecule has 0 heterocycles. The van der Waals surface area contributed by atoms with E-state index in [-0.39, 0.29) is 5.82 Å². The lowest BCUT2D eigenvalue weighted by Gasteiger charge is -2.06. The summed E-state index contributed by atoms with van der Waals surface area (Å²) in [4.78, 5) is 0. The lowest BCUT2D eigenvalue weighted by molar-refractivity contribution is 0.464. The van der Waals surface area contributed by atoms with Crippen molar-refractivity contribution in [1.82, 2.24) is 0 Å². The Hall–Kier alpha value is -0.440. The summed E-state index contributed by atoms with van der Waals surface area (Å²) in [5.74, 6) is -0.859. The minimum absolute atomic E-state index is 0.380. The van der Waals surface area contributed by atoms with Crippen LogP contribution in [0.1, 0.15) is 11.5 Å². The Morgan fingerprint density at radius 3 is 2.67 bits per heavy atom. The van der Waals surface area contributed by atoms with Gasteiger partial charge in [-0.1, -0.05) is 6.07 Å². The van der Waals surface area contributed by atoms with E-state index < -0.39 is 12.6 Å². The highest BCUT2D eigenvalue weighted by molar-refractivity contribution is 9.10. The van der Waals surface area contributed by atoms with Gasteiger partial charge in [-0.2, -0.15) is 0 Å². The van der Waals surface area contributed by atoms with E-state index in [1.54, 1.807) is 12.1 Å². The normalized spacial score (nSPS) is 13.0. The summed E-state index contributed by atoms with van der Waals surface area (Å²) in [6, 6.07) is 4.50. The number of benzene rings is 1. The Morgan fingerprint density at radius 2 is 2.17 bits per heavy atom. The molecule has 0 bridgehead atoms. The third-order valence-corrected chi connectivity index (χ3v) is 2.24. The molecular formula is C9H8BrF2. The highest BCUT2D eigenvalue weighted by atomic mass is 79.9. The van der Waals surface area contributed by atoms with Crippen molar-refractivity contribution in [2.24, 2.45) is 0 Å². The zero-order chi connectivity index (χ0) is 9.14. The predicted octanol–water partition coefficient (Wildman–Crippen LogP) is 3.48. The molecule has 0 N–H and O–H groups in total. The van der Waals surface area contributed by atoms with Gasteiger partial charge in [-0.05, 0) is 40.5 Å². The molecule has 0 aliphatic carbocycles. The maximum Gasteiger partial charge on any atom is 0.137 e. The molecule has 65 valence electrons. The van der Waals surface area contributed by atoms with Crippen molar-refractivity contribution in [3.63, 3.8) is 0 Å². The molecule has 0 nitrogen and oxygen atoms in total. The first-order chi connectivity index (χ1) is 5.65. The van der Waals surface area contributed by atoms with Gasteiger partial charge in [0.15, 0.2) is 0 Å². The minimum atomic E-state index is -0.568. The van der Waals surface area contributed by atoms with E-state index in [0.717, 1.165) is 0 Å². The van der Waals surface area contributed by atoms with Crippen molar-refractivity contribution < 1.29 is 8.78 Å². The van der Waals surface area contributed by atoms with Gasteiger partial charge in [0, 0.05) is 5.92 Å². The van der Waals surface area contributed by atoms with E-state index in [1.807, 2.05) is 0 Å².